The molecule has 0 fully saturated rings. The smallest absolute Gasteiger partial charge is 0.0331 e. The van der Waals surface area contributed by atoms with E-state index in [0.29, 0.717) is 4.83 Å². The third-order valence-corrected chi connectivity index (χ3v) is 3.17. The molecule has 1 aromatic carbocycles. The number of alkyl halides is 1. The van der Waals surface area contributed by atoms with Crippen LogP contribution >= 0.6 is 15.9 Å². The predicted octanol–water partition coefficient (Wildman–Crippen LogP) is 4.02. The molecule has 0 aliphatic heterocycles. The lowest BCUT2D eigenvalue weighted by Crippen LogP contribution is -2.01. The van der Waals surface area contributed by atoms with Crippen LogP contribution in [-0.4, -0.2) is 4.83 Å². The van der Waals surface area contributed by atoms with Crippen molar-refractivity contribution >= 4 is 21.5 Å². The summed E-state index contributed by atoms with van der Waals surface area (Å²) in [6.45, 7) is 0. The molecule has 0 amide bonds. The Bertz CT molecular complexity index is 300. The lowest BCUT2D eigenvalue weighted by Gasteiger charge is -2.16. The lowest BCUT2D eigenvalue weighted by molar-refractivity contribution is 0.759. The van der Waals surface area contributed by atoms with Crippen molar-refractivity contribution in [3.05, 3.63) is 42.0 Å². The zero-order valence-corrected chi connectivity index (χ0v) is 9.13. The Morgan fingerprint density at radius 2 is 1.92 bits per heavy atom. The Hall–Kier alpha value is -0.560. The van der Waals surface area contributed by atoms with E-state index < -0.39 is 0 Å². The van der Waals surface area contributed by atoms with Crippen LogP contribution < -0.4 is 0 Å². The first-order chi connectivity index (χ1) is 6.36. The van der Waals surface area contributed by atoms with Crippen LogP contribution in [0.2, 0.25) is 0 Å². The molecule has 0 heterocycles. The van der Waals surface area contributed by atoms with Crippen molar-refractivity contribution in [3.63, 3.8) is 0 Å². The van der Waals surface area contributed by atoms with Crippen LogP contribution in [0.3, 0.4) is 0 Å². The van der Waals surface area contributed by atoms with Crippen LogP contribution in [0.25, 0.3) is 5.57 Å². The van der Waals surface area contributed by atoms with Crippen LogP contribution in [0, 0.1) is 0 Å². The van der Waals surface area contributed by atoms with E-state index in [2.05, 4.69) is 52.3 Å². The van der Waals surface area contributed by atoms with E-state index >= 15 is 0 Å². The maximum atomic E-state index is 3.65. The Labute approximate surface area is 87.8 Å². The highest BCUT2D eigenvalue weighted by Gasteiger charge is 2.11. The molecule has 2 rings (SSSR count). The van der Waals surface area contributed by atoms with Gasteiger partial charge in [-0.05, 0) is 30.4 Å². The fourth-order valence-electron chi connectivity index (χ4n) is 1.77. The molecule has 1 unspecified atom stereocenters. The van der Waals surface area contributed by atoms with Crippen molar-refractivity contribution in [2.24, 2.45) is 0 Å². The molecule has 1 aliphatic carbocycles. The maximum absolute atomic E-state index is 3.65. The number of hydrogen-bond acceptors (Lipinski definition) is 0. The summed E-state index contributed by atoms with van der Waals surface area (Å²) < 4.78 is 0. The Morgan fingerprint density at radius 1 is 1.15 bits per heavy atom. The van der Waals surface area contributed by atoms with Gasteiger partial charge in [0.25, 0.3) is 0 Å². The van der Waals surface area contributed by atoms with E-state index in [0.717, 1.165) is 0 Å². The Kier molecular flexibility index (Phi) is 2.84. The molecule has 0 saturated carbocycles. The predicted molar refractivity (Wildman–Crippen MR) is 61.0 cm³/mol. The highest BCUT2D eigenvalue weighted by atomic mass is 79.9. The van der Waals surface area contributed by atoms with Crippen LogP contribution in [0.1, 0.15) is 24.8 Å². The molecular formula is C12H13Br. The minimum Gasteiger partial charge on any atom is -0.0845 e. The molecule has 0 aromatic heterocycles. The lowest BCUT2D eigenvalue weighted by atomic mass is 9.94. The maximum Gasteiger partial charge on any atom is 0.0331 e. The van der Waals surface area contributed by atoms with Crippen LogP contribution in [0.15, 0.2) is 36.4 Å². The summed E-state index contributed by atoms with van der Waals surface area (Å²) in [4.78, 5) is 0.580. The summed E-state index contributed by atoms with van der Waals surface area (Å²) in [6, 6.07) is 10.7. The first-order valence-electron chi connectivity index (χ1n) is 4.76. The second-order valence-electron chi connectivity index (χ2n) is 3.47. The summed E-state index contributed by atoms with van der Waals surface area (Å²) >= 11 is 3.65. The molecule has 1 aromatic rings. The van der Waals surface area contributed by atoms with Crippen molar-refractivity contribution < 1.29 is 0 Å². The molecule has 0 saturated heterocycles. The van der Waals surface area contributed by atoms with Crippen LogP contribution in [0.5, 0.6) is 0 Å². The molecule has 0 spiro atoms. The highest BCUT2D eigenvalue weighted by Crippen LogP contribution is 2.29. The van der Waals surface area contributed by atoms with E-state index in [4.69, 9.17) is 0 Å². The summed E-state index contributed by atoms with van der Waals surface area (Å²) in [7, 11) is 0. The van der Waals surface area contributed by atoms with Gasteiger partial charge in [-0.2, -0.15) is 0 Å². The molecule has 1 aliphatic rings. The van der Waals surface area contributed by atoms with Gasteiger partial charge >= 0.3 is 0 Å². The van der Waals surface area contributed by atoms with Gasteiger partial charge in [-0.15, -0.1) is 0 Å². The van der Waals surface area contributed by atoms with Crippen LogP contribution in [0.4, 0.5) is 0 Å². The Balaban J connectivity index is 2.26. The quantitative estimate of drug-likeness (QED) is 0.647. The number of benzene rings is 1. The minimum absolute atomic E-state index is 0.580. The zero-order chi connectivity index (χ0) is 9.10. The monoisotopic (exact) mass is 236 g/mol. The van der Waals surface area contributed by atoms with E-state index in [1.807, 2.05) is 0 Å². The largest absolute Gasteiger partial charge is 0.0845 e. The van der Waals surface area contributed by atoms with Gasteiger partial charge in [0, 0.05) is 4.83 Å². The topological polar surface area (TPSA) is 0 Å². The third kappa shape index (κ3) is 2.22. The number of halogens is 1. The van der Waals surface area contributed by atoms with Gasteiger partial charge in [-0.1, -0.05) is 52.3 Å². The summed E-state index contributed by atoms with van der Waals surface area (Å²) in [5, 5.41) is 0. The van der Waals surface area contributed by atoms with Crippen LogP contribution in [-0.2, 0) is 0 Å². The molecule has 0 radical (unpaired) electrons. The normalized spacial score (nSPS) is 22.5. The average Bonchev–Trinajstić information content (AvgIpc) is 2.19. The van der Waals surface area contributed by atoms with Gasteiger partial charge in [-0.3, -0.25) is 0 Å². The van der Waals surface area contributed by atoms with E-state index in [9.17, 15) is 0 Å². The van der Waals surface area contributed by atoms with Gasteiger partial charge in [0.15, 0.2) is 0 Å². The van der Waals surface area contributed by atoms with Crippen molar-refractivity contribution in [2.45, 2.75) is 24.1 Å². The van der Waals surface area contributed by atoms with Gasteiger partial charge in [0.1, 0.15) is 0 Å². The zero-order valence-electron chi connectivity index (χ0n) is 7.54. The van der Waals surface area contributed by atoms with Crippen molar-refractivity contribution in [3.8, 4) is 0 Å². The van der Waals surface area contributed by atoms with Gasteiger partial charge < -0.3 is 0 Å². The molecule has 68 valence electrons. The Morgan fingerprint density at radius 3 is 2.62 bits per heavy atom. The molecule has 13 heavy (non-hydrogen) atoms. The summed E-state index contributed by atoms with van der Waals surface area (Å²) in [5.41, 5.74) is 2.88. The SMILES string of the molecule is BrC1C=C(c2ccccc2)CCC1. The first-order valence-corrected chi connectivity index (χ1v) is 5.68. The third-order valence-electron chi connectivity index (χ3n) is 2.45. The molecule has 0 N–H and O–H groups in total. The number of allylic oxidation sites excluding steroid dienone is 2. The molecule has 1 heteroatoms. The van der Waals surface area contributed by atoms with Crippen molar-refractivity contribution in [1.82, 2.24) is 0 Å². The fraction of sp³-hybridized carbons (Fsp3) is 0.333. The highest BCUT2D eigenvalue weighted by molar-refractivity contribution is 9.09. The molecule has 0 nitrogen and oxygen atoms in total. The summed E-state index contributed by atoms with van der Waals surface area (Å²) in [6.07, 6.45) is 6.15. The average molecular weight is 237 g/mol. The minimum atomic E-state index is 0.580. The molecular weight excluding hydrogens is 224 g/mol. The number of hydrogen-bond donors (Lipinski definition) is 0. The van der Waals surface area contributed by atoms with E-state index in [1.165, 1.54) is 30.4 Å². The van der Waals surface area contributed by atoms with Gasteiger partial charge in [-0.25, -0.2) is 0 Å². The van der Waals surface area contributed by atoms with Gasteiger partial charge in [0.05, 0.1) is 0 Å². The van der Waals surface area contributed by atoms with E-state index in [1.54, 1.807) is 0 Å². The van der Waals surface area contributed by atoms with Crippen molar-refractivity contribution in [1.29, 1.82) is 0 Å². The number of rotatable bonds is 1. The molecule has 0 bridgehead atoms. The fourth-order valence-corrected chi connectivity index (χ4v) is 2.41. The standard InChI is InChI=1S/C12H13Br/c13-12-8-4-7-11(9-12)10-5-2-1-3-6-10/h1-3,5-6,9,12H,4,7-8H2. The van der Waals surface area contributed by atoms with E-state index in [-0.39, 0.29) is 0 Å². The molecule has 1 atom stereocenters. The van der Waals surface area contributed by atoms with Gasteiger partial charge in [0.2, 0.25) is 0 Å². The first kappa shape index (κ1) is 9.01. The van der Waals surface area contributed by atoms with Crippen molar-refractivity contribution in [2.75, 3.05) is 0 Å². The second-order valence-corrected chi connectivity index (χ2v) is 4.64. The summed E-state index contributed by atoms with van der Waals surface area (Å²) in [5.74, 6) is 0. The second kappa shape index (κ2) is 4.10.